The van der Waals surface area contributed by atoms with Gasteiger partial charge < -0.3 is 14.6 Å². The lowest BCUT2D eigenvalue weighted by atomic mass is 10.5. The highest BCUT2D eigenvalue weighted by molar-refractivity contribution is 4.91. The minimum absolute atomic E-state index is 0.0103. The molecule has 1 N–H and O–H groups in total. The van der Waals surface area contributed by atoms with Gasteiger partial charge in [-0.15, -0.1) is 10.2 Å². The third-order valence-electron chi connectivity index (χ3n) is 2.15. The fourth-order valence-corrected chi connectivity index (χ4v) is 1.14. The number of hydrogen-bond donors (Lipinski definition) is 1. The van der Waals surface area contributed by atoms with Gasteiger partial charge in [0.1, 0.15) is 18.3 Å². The molecule has 17 heavy (non-hydrogen) atoms. The highest BCUT2D eigenvalue weighted by Gasteiger charge is 2.27. The molecule has 0 spiro atoms. The number of alkyl halides is 3. The Morgan fingerprint density at radius 1 is 1.35 bits per heavy atom. The molecule has 98 valence electrons. The first kappa shape index (κ1) is 13.9. The van der Waals surface area contributed by atoms with Gasteiger partial charge in [-0.05, 0) is 6.92 Å². The van der Waals surface area contributed by atoms with E-state index < -0.39 is 12.8 Å². The number of nitrogens with one attached hydrogen (secondary N) is 1. The Balaban J connectivity index is 2.11. The van der Waals surface area contributed by atoms with E-state index in [0.29, 0.717) is 13.1 Å². The molecule has 0 atom stereocenters. The zero-order valence-electron chi connectivity index (χ0n) is 9.71. The van der Waals surface area contributed by atoms with Crippen molar-refractivity contribution < 1.29 is 17.9 Å². The maximum atomic E-state index is 11.7. The summed E-state index contributed by atoms with van der Waals surface area (Å²) in [6.07, 6.45) is -4.26. The lowest BCUT2D eigenvalue weighted by Crippen LogP contribution is -2.24. The maximum absolute atomic E-state index is 11.7. The van der Waals surface area contributed by atoms with Gasteiger partial charge in [-0.1, -0.05) is 0 Å². The normalized spacial score (nSPS) is 12.1. The third kappa shape index (κ3) is 5.14. The molecule has 0 fully saturated rings. The first-order chi connectivity index (χ1) is 7.90. The highest BCUT2D eigenvalue weighted by Crippen LogP contribution is 2.13. The van der Waals surface area contributed by atoms with Gasteiger partial charge in [0.05, 0.1) is 13.2 Å². The maximum Gasteiger partial charge on any atom is 0.411 e. The van der Waals surface area contributed by atoms with Crippen molar-refractivity contribution in [2.24, 2.45) is 7.05 Å². The molecule has 0 aliphatic carbocycles. The third-order valence-corrected chi connectivity index (χ3v) is 2.15. The second-order valence-corrected chi connectivity index (χ2v) is 3.57. The molecule has 0 saturated heterocycles. The summed E-state index contributed by atoms with van der Waals surface area (Å²) in [6, 6.07) is 0. The van der Waals surface area contributed by atoms with E-state index in [0.717, 1.165) is 11.6 Å². The van der Waals surface area contributed by atoms with Crippen LogP contribution in [-0.4, -0.2) is 40.7 Å². The Kier molecular flexibility index (Phi) is 4.88. The molecule has 0 aliphatic heterocycles. The van der Waals surface area contributed by atoms with Gasteiger partial charge in [-0.2, -0.15) is 13.2 Å². The van der Waals surface area contributed by atoms with Crippen molar-refractivity contribution in [3.05, 3.63) is 11.6 Å². The van der Waals surface area contributed by atoms with Crippen LogP contribution in [0.1, 0.15) is 11.6 Å². The number of aryl methyl sites for hydroxylation is 1. The molecule has 0 saturated carbocycles. The smallest absolute Gasteiger partial charge is 0.371 e. The summed E-state index contributed by atoms with van der Waals surface area (Å²) in [7, 11) is 1.83. The molecule has 0 amide bonds. The molecular weight excluding hydrogens is 237 g/mol. The molecule has 0 aliphatic rings. The molecule has 1 aromatic rings. The van der Waals surface area contributed by atoms with Crippen molar-refractivity contribution in [2.45, 2.75) is 19.6 Å². The number of ether oxygens (including phenoxy) is 1. The molecular formula is C9H15F3N4O. The highest BCUT2D eigenvalue weighted by atomic mass is 19.4. The largest absolute Gasteiger partial charge is 0.411 e. The van der Waals surface area contributed by atoms with Gasteiger partial charge in [0.2, 0.25) is 0 Å². The number of hydrogen-bond acceptors (Lipinski definition) is 4. The molecule has 1 aromatic heterocycles. The number of rotatable bonds is 6. The van der Waals surface area contributed by atoms with Crippen LogP contribution < -0.4 is 5.32 Å². The van der Waals surface area contributed by atoms with E-state index >= 15 is 0 Å². The van der Waals surface area contributed by atoms with Crippen LogP contribution in [-0.2, 0) is 18.3 Å². The summed E-state index contributed by atoms with van der Waals surface area (Å²) in [6.45, 7) is 1.41. The van der Waals surface area contributed by atoms with Gasteiger partial charge in [-0.3, -0.25) is 0 Å². The van der Waals surface area contributed by atoms with E-state index in [9.17, 15) is 13.2 Å². The van der Waals surface area contributed by atoms with Crippen molar-refractivity contribution in [3.63, 3.8) is 0 Å². The van der Waals surface area contributed by atoms with E-state index in [4.69, 9.17) is 0 Å². The van der Waals surface area contributed by atoms with Gasteiger partial charge in [0.15, 0.2) is 0 Å². The predicted molar refractivity (Wildman–Crippen MR) is 54.3 cm³/mol. The van der Waals surface area contributed by atoms with Gasteiger partial charge in [0.25, 0.3) is 0 Å². The second-order valence-electron chi connectivity index (χ2n) is 3.57. The van der Waals surface area contributed by atoms with Gasteiger partial charge in [0, 0.05) is 13.6 Å². The van der Waals surface area contributed by atoms with Crippen molar-refractivity contribution in [2.75, 3.05) is 19.8 Å². The summed E-state index contributed by atoms with van der Waals surface area (Å²) in [5.41, 5.74) is 0. The van der Waals surface area contributed by atoms with Crippen LogP contribution in [0, 0.1) is 6.92 Å². The SMILES string of the molecule is Cc1nnc(CNCCOCC(F)(F)F)n1C. The topological polar surface area (TPSA) is 52.0 Å². The van der Waals surface area contributed by atoms with Crippen molar-refractivity contribution in [1.82, 2.24) is 20.1 Å². The van der Waals surface area contributed by atoms with Crippen LogP contribution in [0.2, 0.25) is 0 Å². The van der Waals surface area contributed by atoms with Gasteiger partial charge in [-0.25, -0.2) is 0 Å². The second kappa shape index (κ2) is 5.97. The summed E-state index contributed by atoms with van der Waals surface area (Å²) in [4.78, 5) is 0. The fourth-order valence-electron chi connectivity index (χ4n) is 1.14. The van der Waals surface area contributed by atoms with Crippen LogP contribution in [0.5, 0.6) is 0 Å². The van der Waals surface area contributed by atoms with Crippen molar-refractivity contribution in [3.8, 4) is 0 Å². The van der Waals surface area contributed by atoms with E-state index in [1.807, 2.05) is 18.5 Å². The summed E-state index contributed by atoms with van der Waals surface area (Å²) in [5, 5.41) is 10.7. The standard InChI is InChI=1S/C9H15F3N4O/c1-7-14-15-8(16(7)2)5-13-3-4-17-6-9(10,11)12/h13H,3-6H2,1-2H3. The van der Waals surface area contributed by atoms with Crippen LogP contribution >= 0.6 is 0 Å². The quantitative estimate of drug-likeness (QED) is 0.761. The summed E-state index contributed by atoms with van der Waals surface area (Å²) < 4.78 is 41.4. The number of aromatic nitrogens is 3. The Labute approximate surface area is 97.0 Å². The van der Waals surface area contributed by atoms with Crippen LogP contribution in [0.3, 0.4) is 0 Å². The van der Waals surface area contributed by atoms with Crippen molar-refractivity contribution in [1.29, 1.82) is 0 Å². The molecule has 0 radical (unpaired) electrons. The molecule has 0 bridgehead atoms. The van der Waals surface area contributed by atoms with Crippen LogP contribution in [0.15, 0.2) is 0 Å². The number of halogens is 3. The Morgan fingerprint density at radius 2 is 2.06 bits per heavy atom. The van der Waals surface area contributed by atoms with E-state index in [-0.39, 0.29) is 6.61 Å². The minimum atomic E-state index is -4.26. The van der Waals surface area contributed by atoms with E-state index in [2.05, 4.69) is 20.3 Å². The zero-order chi connectivity index (χ0) is 12.9. The number of nitrogens with zero attached hydrogens (tertiary/aromatic N) is 3. The lowest BCUT2D eigenvalue weighted by molar-refractivity contribution is -0.173. The average Bonchev–Trinajstić information content (AvgIpc) is 2.53. The monoisotopic (exact) mass is 252 g/mol. The van der Waals surface area contributed by atoms with E-state index in [1.165, 1.54) is 0 Å². The van der Waals surface area contributed by atoms with Crippen LogP contribution in [0.25, 0.3) is 0 Å². The molecule has 5 nitrogen and oxygen atoms in total. The van der Waals surface area contributed by atoms with Crippen molar-refractivity contribution >= 4 is 0 Å². The molecule has 0 aromatic carbocycles. The average molecular weight is 252 g/mol. The van der Waals surface area contributed by atoms with E-state index in [1.54, 1.807) is 0 Å². The zero-order valence-corrected chi connectivity index (χ0v) is 9.71. The molecule has 1 rings (SSSR count). The Bertz CT molecular complexity index is 351. The molecule has 0 unspecified atom stereocenters. The first-order valence-electron chi connectivity index (χ1n) is 5.10. The summed E-state index contributed by atoms with van der Waals surface area (Å²) >= 11 is 0. The summed E-state index contributed by atoms with van der Waals surface area (Å²) in [5.74, 6) is 1.52. The van der Waals surface area contributed by atoms with Gasteiger partial charge >= 0.3 is 6.18 Å². The van der Waals surface area contributed by atoms with Crippen LogP contribution in [0.4, 0.5) is 13.2 Å². The Hall–Kier alpha value is -1.15. The fraction of sp³-hybridized carbons (Fsp3) is 0.778. The first-order valence-corrected chi connectivity index (χ1v) is 5.10. The molecule has 1 heterocycles. The molecule has 8 heteroatoms. The minimum Gasteiger partial charge on any atom is -0.371 e. The predicted octanol–water partition coefficient (Wildman–Crippen LogP) is 0.792. The Morgan fingerprint density at radius 3 is 2.59 bits per heavy atom. The lowest BCUT2D eigenvalue weighted by Gasteiger charge is -2.08.